The highest BCUT2D eigenvalue weighted by Gasteiger charge is 2.28. The Morgan fingerprint density at radius 1 is 1.10 bits per heavy atom. The Morgan fingerprint density at radius 3 is 2.50 bits per heavy atom. The van der Waals surface area contributed by atoms with Crippen molar-refractivity contribution in [1.82, 2.24) is 0 Å². The average molecular weight is 276 g/mol. The Morgan fingerprint density at radius 2 is 1.80 bits per heavy atom. The summed E-state index contributed by atoms with van der Waals surface area (Å²) in [5, 5.41) is 10.6. The molecule has 0 fully saturated rings. The van der Waals surface area contributed by atoms with E-state index in [1.807, 2.05) is 32.0 Å². The normalized spacial score (nSPS) is 14.1. The Bertz CT molecular complexity index is 633. The number of halogens is 2. The lowest BCUT2D eigenvalue weighted by molar-refractivity contribution is 0.0529. The molecule has 1 N–H and O–H groups in total. The molecule has 2 aromatic rings. The SMILES string of the molecule is Cc1ccc(C)c(CC(C)(O)c2cccc(F)c2F)c1. The van der Waals surface area contributed by atoms with Gasteiger partial charge in [0.05, 0.1) is 5.60 Å². The van der Waals surface area contributed by atoms with E-state index in [4.69, 9.17) is 0 Å². The second-order valence-corrected chi connectivity index (χ2v) is 5.48. The van der Waals surface area contributed by atoms with Crippen molar-refractivity contribution in [3.8, 4) is 0 Å². The van der Waals surface area contributed by atoms with Crippen LogP contribution in [0.1, 0.15) is 29.2 Å². The zero-order valence-electron chi connectivity index (χ0n) is 11.9. The van der Waals surface area contributed by atoms with Gasteiger partial charge in [0.1, 0.15) is 0 Å². The molecule has 2 rings (SSSR count). The monoisotopic (exact) mass is 276 g/mol. The standard InChI is InChI=1S/C17H18F2O/c1-11-7-8-12(2)13(9-11)10-17(3,20)14-5-4-6-15(18)16(14)19/h4-9,20H,10H2,1-3H3. The maximum Gasteiger partial charge on any atom is 0.164 e. The minimum atomic E-state index is -1.45. The van der Waals surface area contributed by atoms with E-state index in [9.17, 15) is 13.9 Å². The molecule has 0 amide bonds. The first-order valence-corrected chi connectivity index (χ1v) is 6.54. The van der Waals surface area contributed by atoms with Crippen LogP contribution in [0, 0.1) is 25.5 Å². The fourth-order valence-corrected chi connectivity index (χ4v) is 2.38. The van der Waals surface area contributed by atoms with E-state index >= 15 is 0 Å². The highest BCUT2D eigenvalue weighted by atomic mass is 19.2. The third kappa shape index (κ3) is 2.88. The number of aliphatic hydroxyl groups is 1. The first kappa shape index (κ1) is 14.7. The summed E-state index contributed by atoms with van der Waals surface area (Å²) in [7, 11) is 0. The molecule has 106 valence electrons. The summed E-state index contributed by atoms with van der Waals surface area (Å²) in [5.74, 6) is -1.92. The summed E-state index contributed by atoms with van der Waals surface area (Å²) in [6.07, 6.45) is 0.237. The fourth-order valence-electron chi connectivity index (χ4n) is 2.38. The molecule has 0 aliphatic carbocycles. The van der Waals surface area contributed by atoms with E-state index in [2.05, 4.69) is 0 Å². The first-order chi connectivity index (χ1) is 9.31. The van der Waals surface area contributed by atoms with Crippen LogP contribution in [-0.4, -0.2) is 5.11 Å². The van der Waals surface area contributed by atoms with Crippen LogP contribution in [0.3, 0.4) is 0 Å². The summed E-state index contributed by atoms with van der Waals surface area (Å²) in [6.45, 7) is 5.40. The van der Waals surface area contributed by atoms with Gasteiger partial charge in [-0.3, -0.25) is 0 Å². The number of hydrogen-bond donors (Lipinski definition) is 1. The van der Waals surface area contributed by atoms with Gasteiger partial charge in [0.15, 0.2) is 11.6 Å². The van der Waals surface area contributed by atoms with Crippen molar-refractivity contribution in [2.45, 2.75) is 32.8 Å². The molecule has 0 saturated heterocycles. The maximum atomic E-state index is 13.8. The molecule has 0 aliphatic rings. The highest BCUT2D eigenvalue weighted by Crippen LogP contribution is 2.29. The Balaban J connectivity index is 2.40. The molecule has 1 unspecified atom stereocenters. The molecule has 0 radical (unpaired) electrons. The third-order valence-electron chi connectivity index (χ3n) is 3.57. The molecule has 0 aromatic heterocycles. The highest BCUT2D eigenvalue weighted by molar-refractivity contribution is 5.34. The average Bonchev–Trinajstić information content (AvgIpc) is 2.36. The van der Waals surface area contributed by atoms with Gasteiger partial charge in [-0.25, -0.2) is 8.78 Å². The van der Waals surface area contributed by atoms with Gasteiger partial charge >= 0.3 is 0 Å². The Kier molecular flexibility index (Phi) is 3.91. The molecule has 1 atom stereocenters. The third-order valence-corrected chi connectivity index (χ3v) is 3.57. The van der Waals surface area contributed by atoms with Gasteiger partial charge in [-0.15, -0.1) is 0 Å². The predicted octanol–water partition coefficient (Wildman–Crippen LogP) is 4.03. The van der Waals surface area contributed by atoms with Gasteiger partial charge in [-0.05, 0) is 38.0 Å². The quantitative estimate of drug-likeness (QED) is 0.897. The van der Waals surface area contributed by atoms with Crippen LogP contribution in [0.2, 0.25) is 0 Å². The largest absolute Gasteiger partial charge is 0.385 e. The zero-order valence-corrected chi connectivity index (χ0v) is 11.9. The molecule has 0 aliphatic heterocycles. The van der Waals surface area contributed by atoms with Gasteiger partial charge in [0, 0.05) is 12.0 Å². The van der Waals surface area contributed by atoms with E-state index < -0.39 is 17.2 Å². The molecule has 0 saturated carbocycles. The first-order valence-electron chi connectivity index (χ1n) is 6.54. The summed E-state index contributed by atoms with van der Waals surface area (Å²) < 4.78 is 27.2. The van der Waals surface area contributed by atoms with E-state index in [0.29, 0.717) is 0 Å². The lowest BCUT2D eigenvalue weighted by atomic mass is 9.86. The molecule has 1 nitrogen and oxygen atoms in total. The van der Waals surface area contributed by atoms with E-state index in [1.54, 1.807) is 0 Å². The lowest BCUT2D eigenvalue weighted by Crippen LogP contribution is -2.26. The molecular formula is C17H18F2O. The summed E-state index contributed by atoms with van der Waals surface area (Å²) in [5.41, 5.74) is 1.55. The minimum Gasteiger partial charge on any atom is -0.385 e. The molecule has 0 spiro atoms. The minimum absolute atomic E-state index is 0.0154. The molecular weight excluding hydrogens is 258 g/mol. The number of hydrogen-bond acceptors (Lipinski definition) is 1. The van der Waals surface area contributed by atoms with E-state index in [1.165, 1.54) is 19.1 Å². The molecule has 0 heterocycles. The summed E-state index contributed by atoms with van der Waals surface area (Å²) in [4.78, 5) is 0. The number of aryl methyl sites for hydroxylation is 2. The van der Waals surface area contributed by atoms with Crippen LogP contribution in [0.25, 0.3) is 0 Å². The molecule has 20 heavy (non-hydrogen) atoms. The maximum absolute atomic E-state index is 13.8. The second kappa shape index (κ2) is 5.33. The second-order valence-electron chi connectivity index (χ2n) is 5.48. The lowest BCUT2D eigenvalue weighted by Gasteiger charge is -2.25. The van der Waals surface area contributed by atoms with Gasteiger partial charge in [0.25, 0.3) is 0 Å². The Labute approximate surface area is 117 Å². The topological polar surface area (TPSA) is 20.2 Å². The number of benzene rings is 2. The van der Waals surface area contributed by atoms with Crippen molar-refractivity contribution in [1.29, 1.82) is 0 Å². The van der Waals surface area contributed by atoms with Crippen molar-refractivity contribution < 1.29 is 13.9 Å². The molecule has 2 aromatic carbocycles. The van der Waals surface area contributed by atoms with Crippen molar-refractivity contribution in [3.05, 3.63) is 70.3 Å². The summed E-state index contributed by atoms with van der Waals surface area (Å²) >= 11 is 0. The van der Waals surface area contributed by atoms with Crippen molar-refractivity contribution in [2.24, 2.45) is 0 Å². The van der Waals surface area contributed by atoms with Crippen LogP contribution in [-0.2, 0) is 12.0 Å². The van der Waals surface area contributed by atoms with Gasteiger partial charge in [-0.2, -0.15) is 0 Å². The smallest absolute Gasteiger partial charge is 0.164 e. The van der Waals surface area contributed by atoms with Gasteiger partial charge in [0.2, 0.25) is 0 Å². The van der Waals surface area contributed by atoms with Crippen LogP contribution in [0.5, 0.6) is 0 Å². The number of rotatable bonds is 3. The van der Waals surface area contributed by atoms with E-state index in [0.717, 1.165) is 22.8 Å². The van der Waals surface area contributed by atoms with Crippen LogP contribution in [0.4, 0.5) is 8.78 Å². The molecule has 0 bridgehead atoms. The van der Waals surface area contributed by atoms with Crippen LogP contribution in [0.15, 0.2) is 36.4 Å². The van der Waals surface area contributed by atoms with Crippen LogP contribution >= 0.6 is 0 Å². The summed E-state index contributed by atoms with van der Waals surface area (Å²) in [6, 6.07) is 9.78. The predicted molar refractivity (Wildman–Crippen MR) is 75.5 cm³/mol. The van der Waals surface area contributed by atoms with Crippen LogP contribution < -0.4 is 0 Å². The fraction of sp³-hybridized carbons (Fsp3) is 0.294. The van der Waals surface area contributed by atoms with Crippen molar-refractivity contribution >= 4 is 0 Å². The Hall–Kier alpha value is -1.74. The van der Waals surface area contributed by atoms with Crippen molar-refractivity contribution in [3.63, 3.8) is 0 Å². The zero-order chi connectivity index (χ0) is 14.9. The van der Waals surface area contributed by atoms with E-state index in [-0.39, 0.29) is 12.0 Å². The molecule has 3 heteroatoms. The van der Waals surface area contributed by atoms with Crippen molar-refractivity contribution in [2.75, 3.05) is 0 Å². The van der Waals surface area contributed by atoms with Gasteiger partial charge < -0.3 is 5.11 Å². The van der Waals surface area contributed by atoms with Gasteiger partial charge in [-0.1, -0.05) is 35.9 Å².